The smallest absolute Gasteiger partial charge is 0.263 e. The van der Waals surface area contributed by atoms with E-state index < -0.39 is 10.0 Å². The number of aromatic amines is 1. The van der Waals surface area contributed by atoms with E-state index in [0.29, 0.717) is 11.4 Å². The molecule has 3 N–H and O–H groups in total. The highest BCUT2D eigenvalue weighted by Crippen LogP contribution is 2.18. The molecule has 5 nitrogen and oxygen atoms in total. The first-order valence-electron chi connectivity index (χ1n) is 5.08. The summed E-state index contributed by atoms with van der Waals surface area (Å²) in [5.41, 5.74) is 0.965. The molecule has 0 saturated heterocycles. The third kappa shape index (κ3) is 3.03. The van der Waals surface area contributed by atoms with Gasteiger partial charge in [-0.2, -0.15) is 0 Å². The van der Waals surface area contributed by atoms with Crippen LogP contribution < -0.4 is 4.72 Å². The predicted octanol–water partition coefficient (Wildman–Crippen LogP) is 1.91. The molecular formula is C11H11IN2O3S. The van der Waals surface area contributed by atoms with Gasteiger partial charge in [0.2, 0.25) is 0 Å². The van der Waals surface area contributed by atoms with Crippen LogP contribution in [-0.4, -0.2) is 18.5 Å². The number of H-pyrrole nitrogens is 1. The fourth-order valence-corrected chi connectivity index (χ4v) is 3.04. The number of aliphatic hydroxyl groups excluding tert-OH is 1. The second-order valence-corrected chi connectivity index (χ2v) is 6.56. The number of anilines is 1. The number of benzene rings is 1. The van der Waals surface area contributed by atoms with Gasteiger partial charge in [-0.25, -0.2) is 8.42 Å². The van der Waals surface area contributed by atoms with Gasteiger partial charge in [0.25, 0.3) is 10.0 Å². The molecule has 0 aliphatic carbocycles. The summed E-state index contributed by atoms with van der Waals surface area (Å²) < 4.78 is 27.5. The molecule has 96 valence electrons. The largest absolute Gasteiger partial charge is 0.390 e. The second kappa shape index (κ2) is 5.29. The van der Waals surface area contributed by atoms with Crippen LogP contribution in [0.1, 0.15) is 5.69 Å². The molecule has 0 atom stereocenters. The average Bonchev–Trinajstić information content (AvgIpc) is 2.77. The Bertz CT molecular complexity index is 652. The van der Waals surface area contributed by atoms with Gasteiger partial charge >= 0.3 is 0 Å². The highest BCUT2D eigenvalue weighted by molar-refractivity contribution is 14.1. The van der Waals surface area contributed by atoms with Crippen molar-refractivity contribution in [2.75, 3.05) is 4.72 Å². The van der Waals surface area contributed by atoms with Gasteiger partial charge in [-0.1, -0.05) is 6.07 Å². The van der Waals surface area contributed by atoms with Gasteiger partial charge in [-0.3, -0.25) is 4.72 Å². The second-order valence-electron chi connectivity index (χ2n) is 3.63. The monoisotopic (exact) mass is 378 g/mol. The fourth-order valence-electron chi connectivity index (χ4n) is 1.43. The van der Waals surface area contributed by atoms with Crippen LogP contribution in [0.15, 0.2) is 41.4 Å². The lowest BCUT2D eigenvalue weighted by molar-refractivity contribution is 0.277. The molecule has 0 amide bonds. The minimum atomic E-state index is -3.62. The predicted molar refractivity (Wildman–Crippen MR) is 76.7 cm³/mol. The van der Waals surface area contributed by atoms with Gasteiger partial charge in [0.15, 0.2) is 0 Å². The summed E-state index contributed by atoms with van der Waals surface area (Å²) in [5, 5.41) is 8.90. The molecule has 1 aromatic carbocycles. The summed E-state index contributed by atoms with van der Waals surface area (Å²) in [6, 6.07) is 8.46. The van der Waals surface area contributed by atoms with E-state index in [9.17, 15) is 8.42 Å². The van der Waals surface area contributed by atoms with Gasteiger partial charge in [0.1, 0.15) is 4.90 Å². The molecular weight excluding hydrogens is 367 g/mol. The third-order valence-electron chi connectivity index (χ3n) is 2.27. The summed E-state index contributed by atoms with van der Waals surface area (Å²) in [7, 11) is -3.62. The minimum absolute atomic E-state index is 0.102. The lowest BCUT2D eigenvalue weighted by atomic mass is 10.3. The Morgan fingerprint density at radius 3 is 2.72 bits per heavy atom. The van der Waals surface area contributed by atoms with Crippen LogP contribution >= 0.6 is 22.6 Å². The zero-order valence-corrected chi connectivity index (χ0v) is 12.2. The van der Waals surface area contributed by atoms with Crippen molar-refractivity contribution in [1.29, 1.82) is 0 Å². The van der Waals surface area contributed by atoms with E-state index in [2.05, 4.69) is 32.3 Å². The number of hydrogen-bond donors (Lipinski definition) is 3. The van der Waals surface area contributed by atoms with Crippen LogP contribution in [0.3, 0.4) is 0 Å². The van der Waals surface area contributed by atoms with E-state index >= 15 is 0 Å². The number of hydrogen-bond acceptors (Lipinski definition) is 3. The van der Waals surface area contributed by atoms with E-state index in [1.165, 1.54) is 12.3 Å². The fraction of sp³-hybridized carbons (Fsp3) is 0.0909. The molecule has 0 saturated carbocycles. The van der Waals surface area contributed by atoms with Crippen LogP contribution in [0.5, 0.6) is 0 Å². The van der Waals surface area contributed by atoms with Gasteiger partial charge in [-0.15, -0.1) is 0 Å². The van der Waals surface area contributed by atoms with E-state index in [0.717, 1.165) is 3.57 Å². The quantitative estimate of drug-likeness (QED) is 0.711. The van der Waals surface area contributed by atoms with E-state index in [1.807, 2.05) is 6.07 Å². The normalized spacial score (nSPS) is 11.4. The molecule has 0 aliphatic heterocycles. The van der Waals surface area contributed by atoms with E-state index in [-0.39, 0.29) is 11.5 Å². The maximum absolute atomic E-state index is 12.0. The molecule has 1 heterocycles. The lowest BCUT2D eigenvalue weighted by Crippen LogP contribution is -2.12. The molecule has 1 aromatic heterocycles. The molecule has 2 aromatic rings. The van der Waals surface area contributed by atoms with Crippen molar-refractivity contribution in [3.63, 3.8) is 0 Å². The van der Waals surface area contributed by atoms with Crippen LogP contribution in [0, 0.1) is 3.57 Å². The molecule has 0 radical (unpaired) electrons. The number of nitrogens with one attached hydrogen (secondary N) is 2. The maximum Gasteiger partial charge on any atom is 0.263 e. The van der Waals surface area contributed by atoms with Crippen LogP contribution in [0.4, 0.5) is 5.69 Å². The van der Waals surface area contributed by atoms with Crippen molar-refractivity contribution in [2.45, 2.75) is 11.5 Å². The molecule has 18 heavy (non-hydrogen) atoms. The molecule has 2 rings (SSSR count). The first-order chi connectivity index (χ1) is 8.51. The third-order valence-corrected chi connectivity index (χ3v) is 4.31. The molecule has 0 unspecified atom stereocenters. The standard InChI is InChI=1S/C11H11IN2O3S/c12-8-2-1-3-9(4-8)14-18(16,17)11-5-10(7-15)13-6-11/h1-6,13-15H,7H2. The minimum Gasteiger partial charge on any atom is -0.390 e. The Balaban J connectivity index is 2.27. The van der Waals surface area contributed by atoms with Gasteiger partial charge in [-0.05, 0) is 46.9 Å². The SMILES string of the molecule is O=S(=O)(Nc1cccc(I)c1)c1c[nH]c(CO)c1. The topological polar surface area (TPSA) is 82.2 Å². The molecule has 0 aliphatic rings. The Kier molecular flexibility index (Phi) is 3.93. The lowest BCUT2D eigenvalue weighted by Gasteiger charge is -2.06. The van der Waals surface area contributed by atoms with E-state index in [4.69, 9.17) is 5.11 Å². The van der Waals surface area contributed by atoms with Gasteiger partial charge < -0.3 is 10.1 Å². The first-order valence-corrected chi connectivity index (χ1v) is 7.64. The molecule has 0 spiro atoms. The Labute approximate surface area is 118 Å². The Morgan fingerprint density at radius 2 is 2.11 bits per heavy atom. The first kappa shape index (κ1) is 13.4. The van der Waals surface area contributed by atoms with Crippen LogP contribution in [0.25, 0.3) is 0 Å². The Morgan fingerprint density at radius 1 is 1.33 bits per heavy atom. The molecule has 0 fully saturated rings. The van der Waals surface area contributed by atoms with Crippen molar-refractivity contribution in [1.82, 2.24) is 4.98 Å². The van der Waals surface area contributed by atoms with Crippen molar-refractivity contribution in [2.24, 2.45) is 0 Å². The number of sulfonamides is 1. The number of halogens is 1. The zero-order valence-electron chi connectivity index (χ0n) is 9.22. The number of aromatic nitrogens is 1. The summed E-state index contributed by atoms with van der Waals surface area (Å²) in [5.74, 6) is 0. The maximum atomic E-state index is 12.0. The van der Waals surface area contributed by atoms with E-state index in [1.54, 1.807) is 18.2 Å². The highest BCUT2D eigenvalue weighted by Gasteiger charge is 2.16. The zero-order chi connectivity index (χ0) is 13.2. The van der Waals surface area contributed by atoms with Crippen LogP contribution in [0.2, 0.25) is 0 Å². The van der Waals surface area contributed by atoms with Gasteiger partial charge in [0.05, 0.1) is 6.61 Å². The van der Waals surface area contributed by atoms with Crippen molar-refractivity contribution >= 4 is 38.3 Å². The number of aliphatic hydroxyl groups is 1. The number of rotatable bonds is 4. The summed E-state index contributed by atoms with van der Waals surface area (Å²) >= 11 is 2.11. The summed E-state index contributed by atoms with van der Waals surface area (Å²) in [4.78, 5) is 2.79. The van der Waals surface area contributed by atoms with Crippen molar-refractivity contribution < 1.29 is 13.5 Å². The molecule has 7 heteroatoms. The average molecular weight is 378 g/mol. The van der Waals surface area contributed by atoms with Crippen molar-refractivity contribution in [3.05, 3.63) is 45.8 Å². The summed E-state index contributed by atoms with van der Waals surface area (Å²) in [6.45, 7) is -0.223. The van der Waals surface area contributed by atoms with Gasteiger partial charge in [0, 0.05) is 21.1 Å². The highest BCUT2D eigenvalue weighted by atomic mass is 127. The Hall–Kier alpha value is -1.06. The summed E-state index contributed by atoms with van der Waals surface area (Å²) in [6.07, 6.45) is 1.35. The van der Waals surface area contributed by atoms with Crippen LogP contribution in [-0.2, 0) is 16.6 Å². The van der Waals surface area contributed by atoms with Crippen molar-refractivity contribution in [3.8, 4) is 0 Å². The molecule has 0 bridgehead atoms.